The van der Waals surface area contributed by atoms with Crippen molar-refractivity contribution in [3.8, 4) is 11.1 Å². The Labute approximate surface area is 109 Å². The number of imidazole rings is 1. The van der Waals surface area contributed by atoms with Crippen LogP contribution < -0.4 is 5.73 Å². The molecule has 0 aliphatic rings. The molecule has 0 spiro atoms. The van der Waals surface area contributed by atoms with E-state index in [0.29, 0.717) is 5.65 Å². The molecule has 0 atom stereocenters. The predicted molar refractivity (Wildman–Crippen MR) is 70.6 cm³/mol. The van der Waals surface area contributed by atoms with Crippen LogP contribution in [0.15, 0.2) is 36.9 Å². The predicted octanol–water partition coefficient (Wildman–Crippen LogP) is 1.32. The van der Waals surface area contributed by atoms with Gasteiger partial charge in [-0.3, -0.25) is 9.48 Å². The molecular weight excluding hydrogens is 242 g/mol. The fourth-order valence-electron chi connectivity index (χ4n) is 1.97. The number of hydrogen-bond donors (Lipinski definition) is 1. The average molecular weight is 255 g/mol. The third-order valence-electron chi connectivity index (χ3n) is 2.99. The van der Waals surface area contributed by atoms with E-state index in [1.54, 1.807) is 10.6 Å². The van der Waals surface area contributed by atoms with E-state index in [0.717, 1.165) is 17.7 Å². The van der Waals surface area contributed by atoms with Crippen LogP contribution in [-0.4, -0.2) is 25.1 Å². The fourth-order valence-corrected chi connectivity index (χ4v) is 1.97. The van der Waals surface area contributed by atoms with Gasteiger partial charge in [-0.05, 0) is 19.1 Å². The van der Waals surface area contributed by atoms with E-state index >= 15 is 0 Å². The zero-order chi connectivity index (χ0) is 13.4. The number of fused-ring (bicyclic) bond motifs is 1. The summed E-state index contributed by atoms with van der Waals surface area (Å²) in [6, 6.07) is 3.80. The van der Waals surface area contributed by atoms with Gasteiger partial charge in [-0.15, -0.1) is 0 Å². The maximum absolute atomic E-state index is 11.1. The van der Waals surface area contributed by atoms with Crippen molar-refractivity contribution < 1.29 is 4.79 Å². The monoisotopic (exact) mass is 255 g/mol. The van der Waals surface area contributed by atoms with Crippen LogP contribution in [0.1, 0.15) is 17.4 Å². The number of amides is 1. The summed E-state index contributed by atoms with van der Waals surface area (Å²) in [5.41, 5.74) is 8.22. The quantitative estimate of drug-likeness (QED) is 0.766. The second-order valence-electron chi connectivity index (χ2n) is 4.26. The maximum atomic E-state index is 11.1. The Hall–Kier alpha value is -2.63. The Bertz CT molecular complexity index is 755. The highest BCUT2D eigenvalue weighted by atomic mass is 16.1. The summed E-state index contributed by atoms with van der Waals surface area (Å²) in [7, 11) is 0. The van der Waals surface area contributed by atoms with Crippen LogP contribution in [0.3, 0.4) is 0 Å². The first-order valence-electron chi connectivity index (χ1n) is 5.99. The summed E-state index contributed by atoms with van der Waals surface area (Å²) in [6.07, 6.45) is 7.33. The van der Waals surface area contributed by atoms with Crippen molar-refractivity contribution in [2.24, 2.45) is 5.73 Å². The van der Waals surface area contributed by atoms with Crippen molar-refractivity contribution >= 4 is 11.6 Å². The van der Waals surface area contributed by atoms with Gasteiger partial charge in [0.05, 0.1) is 6.20 Å². The van der Waals surface area contributed by atoms with E-state index in [9.17, 15) is 4.79 Å². The Morgan fingerprint density at radius 2 is 2.11 bits per heavy atom. The summed E-state index contributed by atoms with van der Waals surface area (Å²) in [4.78, 5) is 15.2. The Morgan fingerprint density at radius 3 is 2.79 bits per heavy atom. The van der Waals surface area contributed by atoms with E-state index in [2.05, 4.69) is 10.1 Å². The molecule has 0 fully saturated rings. The lowest BCUT2D eigenvalue weighted by molar-refractivity contribution is 0.0996. The van der Waals surface area contributed by atoms with Gasteiger partial charge in [-0.25, -0.2) is 4.98 Å². The molecule has 3 aromatic rings. The average Bonchev–Trinajstić information content (AvgIpc) is 3.04. The number of rotatable bonds is 3. The number of aromatic nitrogens is 4. The highest BCUT2D eigenvalue weighted by molar-refractivity contribution is 5.91. The standard InChI is InChI=1S/C13H13N5O/c1-2-18-7-10(5-15-18)9-3-4-12-16-11(13(14)19)8-17(12)6-9/h3-8H,2H2,1H3,(H2,14,19). The number of aryl methyl sites for hydroxylation is 1. The zero-order valence-corrected chi connectivity index (χ0v) is 10.4. The molecule has 0 saturated heterocycles. The number of nitrogens with two attached hydrogens (primary N) is 1. The van der Waals surface area contributed by atoms with Gasteiger partial charge in [0.25, 0.3) is 5.91 Å². The summed E-state index contributed by atoms with van der Waals surface area (Å²) < 4.78 is 3.65. The van der Waals surface area contributed by atoms with Crippen LogP contribution in [0.2, 0.25) is 0 Å². The normalized spacial score (nSPS) is 11.0. The summed E-state index contributed by atoms with van der Waals surface area (Å²) in [5, 5.41) is 4.24. The van der Waals surface area contributed by atoms with Crippen LogP contribution in [0.25, 0.3) is 16.8 Å². The van der Waals surface area contributed by atoms with Crippen LogP contribution in [-0.2, 0) is 6.54 Å². The summed E-state index contributed by atoms with van der Waals surface area (Å²) >= 11 is 0. The van der Waals surface area contributed by atoms with Crippen molar-refractivity contribution in [2.45, 2.75) is 13.5 Å². The van der Waals surface area contributed by atoms with Gasteiger partial charge in [0.2, 0.25) is 0 Å². The third kappa shape index (κ3) is 1.97. The Kier molecular flexibility index (Phi) is 2.56. The smallest absolute Gasteiger partial charge is 0.268 e. The molecule has 6 nitrogen and oxygen atoms in total. The first-order valence-corrected chi connectivity index (χ1v) is 5.99. The third-order valence-corrected chi connectivity index (χ3v) is 2.99. The van der Waals surface area contributed by atoms with Crippen molar-refractivity contribution in [3.63, 3.8) is 0 Å². The molecule has 0 aliphatic heterocycles. The SMILES string of the molecule is CCn1cc(-c2ccc3nc(C(N)=O)cn3c2)cn1. The molecule has 19 heavy (non-hydrogen) atoms. The van der Waals surface area contributed by atoms with Crippen LogP contribution >= 0.6 is 0 Å². The summed E-state index contributed by atoms with van der Waals surface area (Å²) in [5.74, 6) is -0.524. The molecule has 0 saturated carbocycles. The lowest BCUT2D eigenvalue weighted by Gasteiger charge is -1.98. The molecular formula is C13H13N5O. The topological polar surface area (TPSA) is 78.2 Å². The van der Waals surface area contributed by atoms with E-state index in [1.165, 1.54) is 0 Å². The minimum absolute atomic E-state index is 0.265. The number of pyridine rings is 1. The maximum Gasteiger partial charge on any atom is 0.268 e. The molecule has 6 heteroatoms. The van der Waals surface area contributed by atoms with Gasteiger partial charge in [0.1, 0.15) is 11.3 Å². The molecule has 3 aromatic heterocycles. The molecule has 0 bridgehead atoms. The van der Waals surface area contributed by atoms with Crippen molar-refractivity contribution in [3.05, 3.63) is 42.6 Å². The fraction of sp³-hybridized carbons (Fsp3) is 0.154. The first-order chi connectivity index (χ1) is 9.17. The van der Waals surface area contributed by atoms with E-state index in [-0.39, 0.29) is 5.69 Å². The molecule has 0 aromatic carbocycles. The number of carbonyl (C=O) groups is 1. The molecule has 0 radical (unpaired) electrons. The minimum Gasteiger partial charge on any atom is -0.364 e. The first kappa shape index (κ1) is 11.5. The van der Waals surface area contributed by atoms with E-state index < -0.39 is 5.91 Å². The van der Waals surface area contributed by atoms with Crippen molar-refractivity contribution in [1.82, 2.24) is 19.2 Å². The Morgan fingerprint density at radius 1 is 1.26 bits per heavy atom. The Balaban J connectivity index is 2.07. The number of primary amides is 1. The second kappa shape index (κ2) is 4.24. The molecule has 2 N–H and O–H groups in total. The molecule has 1 amide bonds. The van der Waals surface area contributed by atoms with Gasteiger partial charge in [-0.1, -0.05) is 0 Å². The van der Waals surface area contributed by atoms with Crippen LogP contribution in [0, 0.1) is 0 Å². The molecule has 0 aliphatic carbocycles. The van der Waals surface area contributed by atoms with Crippen molar-refractivity contribution in [2.75, 3.05) is 0 Å². The van der Waals surface area contributed by atoms with Crippen LogP contribution in [0.5, 0.6) is 0 Å². The molecule has 0 unspecified atom stereocenters. The highest BCUT2D eigenvalue weighted by Gasteiger charge is 2.08. The van der Waals surface area contributed by atoms with Gasteiger partial charge in [0.15, 0.2) is 0 Å². The number of carbonyl (C=O) groups excluding carboxylic acids is 1. The van der Waals surface area contributed by atoms with Crippen molar-refractivity contribution in [1.29, 1.82) is 0 Å². The number of hydrogen-bond acceptors (Lipinski definition) is 3. The molecule has 3 rings (SSSR count). The van der Waals surface area contributed by atoms with Gasteiger partial charge in [-0.2, -0.15) is 5.10 Å². The summed E-state index contributed by atoms with van der Waals surface area (Å²) in [6.45, 7) is 2.87. The zero-order valence-electron chi connectivity index (χ0n) is 10.4. The largest absolute Gasteiger partial charge is 0.364 e. The molecule has 96 valence electrons. The number of nitrogens with zero attached hydrogens (tertiary/aromatic N) is 4. The minimum atomic E-state index is -0.524. The van der Waals surface area contributed by atoms with Crippen LogP contribution in [0.4, 0.5) is 0 Å². The van der Waals surface area contributed by atoms with E-state index in [4.69, 9.17) is 5.73 Å². The lowest BCUT2D eigenvalue weighted by atomic mass is 10.2. The van der Waals surface area contributed by atoms with E-state index in [1.807, 2.05) is 42.3 Å². The van der Waals surface area contributed by atoms with Gasteiger partial charge >= 0.3 is 0 Å². The lowest BCUT2D eigenvalue weighted by Crippen LogP contribution is -2.10. The second-order valence-corrected chi connectivity index (χ2v) is 4.26. The highest BCUT2D eigenvalue weighted by Crippen LogP contribution is 2.19. The van der Waals surface area contributed by atoms with Gasteiger partial charge < -0.3 is 10.1 Å². The molecule has 3 heterocycles. The van der Waals surface area contributed by atoms with Gasteiger partial charge in [0, 0.05) is 36.3 Å².